The Morgan fingerprint density at radius 1 is 1.35 bits per heavy atom. The van der Waals surface area contributed by atoms with E-state index in [1.807, 2.05) is 7.05 Å². The topological polar surface area (TPSA) is 70.1 Å². The van der Waals surface area contributed by atoms with Crippen molar-refractivity contribution < 1.29 is 19.4 Å². The van der Waals surface area contributed by atoms with E-state index < -0.39 is 17.7 Å². The van der Waals surface area contributed by atoms with Crippen LogP contribution in [-0.2, 0) is 4.74 Å². The molecule has 6 heteroatoms. The molecule has 2 aliphatic rings. The molecule has 2 saturated heterocycles. The lowest BCUT2D eigenvalue weighted by Crippen LogP contribution is -2.37. The van der Waals surface area contributed by atoms with E-state index in [1.54, 1.807) is 18.2 Å². The summed E-state index contributed by atoms with van der Waals surface area (Å²) in [5, 5.41) is 9.22. The molecule has 0 radical (unpaired) electrons. The molecule has 1 spiro atoms. The molecule has 2 heterocycles. The number of amides is 1. The Morgan fingerprint density at radius 2 is 2.10 bits per heavy atom. The number of hydrogen-bond acceptors (Lipinski definition) is 4. The van der Waals surface area contributed by atoms with Crippen LogP contribution in [0.15, 0.2) is 24.3 Å². The number of carbonyl (C=O) groups excluding carboxylic acids is 1. The second-order valence-corrected chi connectivity index (χ2v) is 5.45. The molecule has 2 aliphatic heterocycles. The summed E-state index contributed by atoms with van der Waals surface area (Å²) in [6, 6.07) is 6.51. The highest BCUT2D eigenvalue weighted by molar-refractivity contribution is 6.00. The average molecular weight is 276 g/mol. The second-order valence-electron chi connectivity index (χ2n) is 5.45. The van der Waals surface area contributed by atoms with Gasteiger partial charge in [0.1, 0.15) is 5.60 Å². The first-order valence-corrected chi connectivity index (χ1v) is 6.52. The fraction of sp³-hybridized carbons (Fsp3) is 0.429. The van der Waals surface area contributed by atoms with Gasteiger partial charge in [-0.25, -0.2) is 9.59 Å². The Kier molecular flexibility index (Phi) is 2.90. The van der Waals surface area contributed by atoms with E-state index in [1.165, 1.54) is 11.0 Å². The summed E-state index contributed by atoms with van der Waals surface area (Å²) in [6.45, 7) is 1.96. The van der Waals surface area contributed by atoms with Gasteiger partial charge in [0.05, 0.1) is 17.8 Å². The van der Waals surface area contributed by atoms with Crippen molar-refractivity contribution in [1.82, 2.24) is 4.90 Å². The van der Waals surface area contributed by atoms with Crippen LogP contribution < -0.4 is 4.90 Å². The van der Waals surface area contributed by atoms with Crippen LogP contribution in [-0.4, -0.2) is 54.4 Å². The van der Waals surface area contributed by atoms with Gasteiger partial charge in [-0.3, -0.25) is 4.90 Å². The first-order valence-electron chi connectivity index (χ1n) is 6.52. The number of nitrogens with zero attached hydrogens (tertiary/aromatic N) is 2. The molecule has 3 rings (SSSR count). The van der Waals surface area contributed by atoms with Crippen molar-refractivity contribution in [3.05, 3.63) is 29.8 Å². The number of carboxylic acid groups (broad SMARTS) is 1. The minimum Gasteiger partial charge on any atom is -0.478 e. The van der Waals surface area contributed by atoms with Crippen LogP contribution in [0.5, 0.6) is 0 Å². The van der Waals surface area contributed by atoms with E-state index in [0.29, 0.717) is 18.8 Å². The number of likely N-dealkylation sites (N-methyl/N-ethyl adjacent to an activating group) is 1. The van der Waals surface area contributed by atoms with Gasteiger partial charge in [0, 0.05) is 19.5 Å². The van der Waals surface area contributed by atoms with Gasteiger partial charge < -0.3 is 14.7 Å². The summed E-state index contributed by atoms with van der Waals surface area (Å²) in [5.41, 5.74) is 0.0153. The van der Waals surface area contributed by atoms with Gasteiger partial charge in [-0.05, 0) is 19.2 Å². The number of rotatable bonds is 2. The molecule has 1 unspecified atom stereocenters. The first kappa shape index (κ1) is 12.9. The van der Waals surface area contributed by atoms with Crippen LogP contribution in [0.3, 0.4) is 0 Å². The third kappa shape index (κ3) is 2.02. The molecule has 1 aromatic carbocycles. The zero-order chi connectivity index (χ0) is 14.3. The van der Waals surface area contributed by atoms with Crippen LogP contribution >= 0.6 is 0 Å². The molecule has 0 aliphatic carbocycles. The Bertz CT molecular complexity index is 574. The van der Waals surface area contributed by atoms with Gasteiger partial charge in [0.15, 0.2) is 0 Å². The largest absolute Gasteiger partial charge is 0.478 e. The molecule has 2 fully saturated rings. The van der Waals surface area contributed by atoms with E-state index in [9.17, 15) is 14.7 Å². The highest BCUT2D eigenvalue weighted by atomic mass is 16.6. The zero-order valence-electron chi connectivity index (χ0n) is 11.2. The number of aromatic carboxylic acids is 1. The quantitative estimate of drug-likeness (QED) is 0.884. The molecule has 1 atom stereocenters. The van der Waals surface area contributed by atoms with Gasteiger partial charge in [-0.2, -0.15) is 0 Å². The lowest BCUT2D eigenvalue weighted by Gasteiger charge is -2.21. The Hall–Kier alpha value is -2.08. The molecule has 1 amide bonds. The molecule has 1 N–H and O–H groups in total. The molecule has 0 saturated carbocycles. The molecule has 1 aromatic rings. The van der Waals surface area contributed by atoms with E-state index in [4.69, 9.17) is 4.74 Å². The predicted molar refractivity (Wildman–Crippen MR) is 72.1 cm³/mol. The minimum absolute atomic E-state index is 0.118. The molecule has 20 heavy (non-hydrogen) atoms. The third-order valence-electron chi connectivity index (χ3n) is 3.90. The van der Waals surface area contributed by atoms with Gasteiger partial charge in [-0.1, -0.05) is 12.1 Å². The third-order valence-corrected chi connectivity index (χ3v) is 3.90. The van der Waals surface area contributed by atoms with Crippen LogP contribution in [0.4, 0.5) is 10.5 Å². The van der Waals surface area contributed by atoms with E-state index >= 15 is 0 Å². The molecule has 0 bridgehead atoms. The van der Waals surface area contributed by atoms with Gasteiger partial charge in [0.25, 0.3) is 0 Å². The van der Waals surface area contributed by atoms with E-state index in [-0.39, 0.29) is 5.56 Å². The number of carbonyl (C=O) groups is 2. The highest BCUT2D eigenvalue weighted by Gasteiger charge is 2.49. The summed E-state index contributed by atoms with van der Waals surface area (Å²) in [4.78, 5) is 26.9. The summed E-state index contributed by atoms with van der Waals surface area (Å²) in [5.74, 6) is -1.04. The summed E-state index contributed by atoms with van der Waals surface area (Å²) < 4.78 is 5.53. The number of hydrogen-bond donors (Lipinski definition) is 1. The van der Waals surface area contributed by atoms with Crippen molar-refractivity contribution in [3.8, 4) is 0 Å². The van der Waals surface area contributed by atoms with Crippen molar-refractivity contribution in [1.29, 1.82) is 0 Å². The lowest BCUT2D eigenvalue weighted by atomic mass is 10.0. The zero-order valence-corrected chi connectivity index (χ0v) is 11.2. The molecular formula is C14H16N2O4. The standard InChI is InChI=1S/C14H16N2O4/c1-15-7-6-14(8-15)9-16(13(19)20-14)11-5-3-2-4-10(11)12(17)18/h2-5H,6-9H2,1H3,(H,17,18). The molecular weight excluding hydrogens is 260 g/mol. The number of anilines is 1. The Labute approximate surface area is 116 Å². The van der Waals surface area contributed by atoms with Crippen LogP contribution in [0.25, 0.3) is 0 Å². The van der Waals surface area contributed by atoms with Crippen molar-refractivity contribution in [2.24, 2.45) is 0 Å². The average Bonchev–Trinajstić information content (AvgIpc) is 2.92. The fourth-order valence-electron chi connectivity index (χ4n) is 2.96. The summed E-state index contributed by atoms with van der Waals surface area (Å²) in [6.07, 6.45) is 0.315. The fourth-order valence-corrected chi connectivity index (χ4v) is 2.96. The van der Waals surface area contributed by atoms with E-state index in [2.05, 4.69) is 4.90 Å². The van der Waals surface area contributed by atoms with Crippen LogP contribution in [0.1, 0.15) is 16.8 Å². The van der Waals surface area contributed by atoms with Gasteiger partial charge in [-0.15, -0.1) is 0 Å². The normalized spacial score (nSPS) is 26.2. The summed E-state index contributed by atoms with van der Waals surface area (Å²) >= 11 is 0. The highest BCUT2D eigenvalue weighted by Crippen LogP contribution is 2.35. The maximum Gasteiger partial charge on any atom is 0.415 e. The number of carboxylic acids is 1. The minimum atomic E-state index is -1.04. The van der Waals surface area contributed by atoms with Crippen molar-refractivity contribution >= 4 is 17.7 Å². The van der Waals surface area contributed by atoms with Crippen LogP contribution in [0, 0.1) is 0 Å². The monoisotopic (exact) mass is 276 g/mol. The maximum atomic E-state index is 12.1. The van der Waals surface area contributed by atoms with Crippen LogP contribution in [0.2, 0.25) is 0 Å². The second kappa shape index (κ2) is 4.49. The van der Waals surface area contributed by atoms with Gasteiger partial charge >= 0.3 is 12.1 Å². The predicted octanol–water partition coefficient (Wildman–Crippen LogP) is 1.42. The molecule has 6 nitrogen and oxygen atoms in total. The van der Waals surface area contributed by atoms with Crippen molar-refractivity contribution in [3.63, 3.8) is 0 Å². The van der Waals surface area contributed by atoms with Crippen molar-refractivity contribution in [2.45, 2.75) is 12.0 Å². The smallest absolute Gasteiger partial charge is 0.415 e. The lowest BCUT2D eigenvalue weighted by molar-refractivity contribution is 0.0657. The maximum absolute atomic E-state index is 12.1. The number of ether oxygens (including phenoxy) is 1. The van der Waals surface area contributed by atoms with Crippen molar-refractivity contribution in [2.75, 3.05) is 31.6 Å². The van der Waals surface area contributed by atoms with Gasteiger partial charge in [0.2, 0.25) is 0 Å². The molecule has 0 aromatic heterocycles. The molecule has 106 valence electrons. The van der Waals surface area contributed by atoms with E-state index in [0.717, 1.165) is 13.0 Å². The summed E-state index contributed by atoms with van der Waals surface area (Å²) in [7, 11) is 1.98. The Balaban J connectivity index is 1.92. The number of likely N-dealkylation sites (tertiary alicyclic amines) is 1. The first-order chi connectivity index (χ1) is 9.51. The SMILES string of the molecule is CN1CCC2(C1)CN(c1ccccc1C(=O)O)C(=O)O2. The Morgan fingerprint density at radius 3 is 2.75 bits per heavy atom. The number of benzene rings is 1. The number of para-hydroxylation sites is 1.